The molecule has 0 fully saturated rings. The second-order valence-electron chi connectivity index (χ2n) is 3.85. The van der Waals surface area contributed by atoms with Crippen molar-refractivity contribution in [3.8, 4) is 0 Å². The molecule has 0 aliphatic carbocycles. The summed E-state index contributed by atoms with van der Waals surface area (Å²) < 4.78 is 71.8. The van der Waals surface area contributed by atoms with Crippen LogP contribution in [0, 0.1) is 29.1 Å². The quantitative estimate of drug-likeness (QED) is 0.357. The molecular weight excluding hydrogens is 271 g/mol. The predicted octanol–water partition coefficient (Wildman–Crippen LogP) is 3.22. The van der Waals surface area contributed by atoms with Gasteiger partial charge in [-0.1, -0.05) is 13.8 Å². The van der Waals surface area contributed by atoms with Crippen LogP contribution >= 0.6 is 0 Å². The van der Waals surface area contributed by atoms with Crippen molar-refractivity contribution >= 4 is 13.5 Å². The minimum atomic E-state index is -3.16. The van der Waals surface area contributed by atoms with E-state index in [0.717, 1.165) is 0 Å². The highest BCUT2D eigenvalue weighted by atomic mass is 28.4. The highest BCUT2D eigenvalue weighted by molar-refractivity contribution is 6.86. The lowest BCUT2D eigenvalue weighted by Crippen LogP contribution is -2.53. The molecule has 0 aliphatic rings. The summed E-state index contributed by atoms with van der Waals surface area (Å²) in [6.07, 6.45) is 0. The molecule has 0 unspecified atom stereocenters. The van der Waals surface area contributed by atoms with E-state index < -0.39 is 42.6 Å². The molecule has 1 nitrogen and oxygen atoms in total. The van der Waals surface area contributed by atoms with Crippen molar-refractivity contribution in [1.29, 1.82) is 0 Å². The Labute approximate surface area is 103 Å². The SMILES string of the molecule is CC[Si](CC)(OC)c1c(F)c(F)c(F)c(F)c1F. The Morgan fingerprint density at radius 1 is 0.778 bits per heavy atom. The van der Waals surface area contributed by atoms with Crippen LogP contribution in [0.15, 0.2) is 0 Å². The summed E-state index contributed by atoms with van der Waals surface area (Å²) in [5.41, 5.74) is 0. The van der Waals surface area contributed by atoms with Gasteiger partial charge >= 0.3 is 0 Å². The third-order valence-corrected chi connectivity index (χ3v) is 7.61. The average molecular weight is 284 g/mol. The van der Waals surface area contributed by atoms with E-state index in [1.165, 1.54) is 7.11 Å². The molecule has 0 N–H and O–H groups in total. The van der Waals surface area contributed by atoms with Gasteiger partial charge < -0.3 is 4.43 Å². The molecule has 0 atom stereocenters. The Balaban J connectivity index is 3.69. The van der Waals surface area contributed by atoms with Gasteiger partial charge in [0.05, 0.1) is 0 Å². The topological polar surface area (TPSA) is 9.23 Å². The van der Waals surface area contributed by atoms with Crippen LogP contribution in [0.5, 0.6) is 0 Å². The molecule has 0 saturated heterocycles. The van der Waals surface area contributed by atoms with Gasteiger partial charge in [-0.15, -0.1) is 0 Å². The Morgan fingerprint density at radius 2 is 1.11 bits per heavy atom. The summed E-state index contributed by atoms with van der Waals surface area (Å²) >= 11 is 0. The Bertz CT molecular complexity index is 422. The van der Waals surface area contributed by atoms with Gasteiger partial charge in [0, 0.05) is 12.3 Å². The minimum absolute atomic E-state index is 0.221. The summed E-state index contributed by atoms with van der Waals surface area (Å²) in [6.45, 7) is 3.22. The van der Waals surface area contributed by atoms with Gasteiger partial charge in [0.15, 0.2) is 23.3 Å². The zero-order chi connectivity index (χ0) is 14.1. The van der Waals surface area contributed by atoms with Gasteiger partial charge in [-0.25, -0.2) is 22.0 Å². The monoisotopic (exact) mass is 284 g/mol. The Kier molecular flexibility index (Phi) is 4.49. The van der Waals surface area contributed by atoms with Gasteiger partial charge in [-0.05, 0) is 12.1 Å². The number of benzene rings is 1. The van der Waals surface area contributed by atoms with Crippen LogP contribution in [-0.2, 0) is 4.43 Å². The molecule has 1 aromatic rings. The molecule has 0 aromatic heterocycles. The van der Waals surface area contributed by atoms with Crippen molar-refractivity contribution in [2.24, 2.45) is 0 Å². The second kappa shape index (κ2) is 5.36. The summed E-state index contributed by atoms with van der Waals surface area (Å²) in [4.78, 5) is 0. The maximum Gasteiger partial charge on any atom is 0.229 e. The van der Waals surface area contributed by atoms with E-state index in [1.807, 2.05) is 0 Å². The van der Waals surface area contributed by atoms with Crippen LogP contribution in [0.2, 0.25) is 12.1 Å². The van der Waals surface area contributed by atoms with E-state index in [0.29, 0.717) is 0 Å². The van der Waals surface area contributed by atoms with Gasteiger partial charge in [-0.3, -0.25) is 0 Å². The highest BCUT2D eigenvalue weighted by Gasteiger charge is 2.41. The number of rotatable bonds is 4. The summed E-state index contributed by atoms with van der Waals surface area (Å²) in [5.74, 6) is -9.52. The molecular formula is C11H13F5OSi. The third-order valence-electron chi connectivity index (χ3n) is 3.20. The second-order valence-corrected chi connectivity index (χ2v) is 8.16. The number of hydrogen-bond donors (Lipinski definition) is 0. The standard InChI is InChI=1S/C11H13F5OSi/c1-4-18(5-2,17-3)11-9(15)7(13)6(12)8(14)10(11)16/h4-5H2,1-3H3. The number of hydrogen-bond acceptors (Lipinski definition) is 1. The van der Waals surface area contributed by atoms with Gasteiger partial charge in [-0.2, -0.15) is 0 Å². The first-order valence-corrected chi connectivity index (χ1v) is 7.75. The molecule has 1 rings (SSSR count). The van der Waals surface area contributed by atoms with Crippen molar-refractivity contribution in [1.82, 2.24) is 0 Å². The lowest BCUT2D eigenvalue weighted by Gasteiger charge is -2.28. The van der Waals surface area contributed by atoms with E-state index in [9.17, 15) is 22.0 Å². The molecule has 102 valence electrons. The molecule has 0 heterocycles. The fourth-order valence-corrected chi connectivity index (χ4v) is 5.01. The Morgan fingerprint density at radius 3 is 1.39 bits per heavy atom. The van der Waals surface area contributed by atoms with Crippen LogP contribution in [0.4, 0.5) is 22.0 Å². The lowest BCUT2D eigenvalue weighted by molar-refractivity contribution is 0.371. The first-order valence-electron chi connectivity index (χ1n) is 5.43. The van der Waals surface area contributed by atoms with Crippen LogP contribution in [-0.4, -0.2) is 15.4 Å². The fourth-order valence-electron chi connectivity index (χ4n) is 2.00. The predicted molar refractivity (Wildman–Crippen MR) is 59.6 cm³/mol. The molecule has 0 bridgehead atoms. The summed E-state index contributed by atoms with van der Waals surface area (Å²) in [6, 6.07) is 0.441. The van der Waals surface area contributed by atoms with Crippen molar-refractivity contribution < 1.29 is 26.4 Å². The minimum Gasteiger partial charge on any atom is -0.415 e. The van der Waals surface area contributed by atoms with E-state index >= 15 is 0 Å². The van der Waals surface area contributed by atoms with Crippen LogP contribution < -0.4 is 5.19 Å². The zero-order valence-corrected chi connectivity index (χ0v) is 11.2. The fraction of sp³-hybridized carbons (Fsp3) is 0.455. The molecule has 18 heavy (non-hydrogen) atoms. The van der Waals surface area contributed by atoms with Crippen molar-refractivity contribution in [3.63, 3.8) is 0 Å². The molecule has 7 heteroatoms. The van der Waals surface area contributed by atoms with Gasteiger partial charge in [0.1, 0.15) is 0 Å². The van der Waals surface area contributed by atoms with Gasteiger partial charge in [0.25, 0.3) is 0 Å². The van der Waals surface area contributed by atoms with E-state index in [4.69, 9.17) is 4.43 Å². The normalized spacial score (nSPS) is 12.0. The average Bonchev–Trinajstić information content (AvgIpc) is 2.39. The summed E-state index contributed by atoms with van der Waals surface area (Å²) in [7, 11) is -1.93. The van der Waals surface area contributed by atoms with E-state index in [-0.39, 0.29) is 12.1 Å². The molecule has 0 aliphatic heterocycles. The third kappa shape index (κ3) is 2.05. The zero-order valence-electron chi connectivity index (χ0n) is 10.2. The maximum atomic E-state index is 13.7. The van der Waals surface area contributed by atoms with Crippen LogP contribution in [0.25, 0.3) is 0 Å². The molecule has 0 spiro atoms. The first-order chi connectivity index (χ1) is 8.36. The van der Waals surface area contributed by atoms with Crippen molar-refractivity contribution in [3.05, 3.63) is 29.1 Å². The lowest BCUT2D eigenvalue weighted by atomic mass is 10.3. The smallest absolute Gasteiger partial charge is 0.229 e. The van der Waals surface area contributed by atoms with Crippen molar-refractivity contribution in [2.45, 2.75) is 25.9 Å². The highest BCUT2D eigenvalue weighted by Crippen LogP contribution is 2.24. The maximum absolute atomic E-state index is 13.7. The van der Waals surface area contributed by atoms with Gasteiger partial charge in [0.2, 0.25) is 14.1 Å². The van der Waals surface area contributed by atoms with Crippen LogP contribution in [0.1, 0.15) is 13.8 Å². The molecule has 1 aromatic carbocycles. The van der Waals surface area contributed by atoms with Crippen molar-refractivity contribution in [2.75, 3.05) is 7.11 Å². The molecule has 0 amide bonds. The van der Waals surface area contributed by atoms with Crippen LogP contribution in [0.3, 0.4) is 0 Å². The molecule has 0 radical (unpaired) electrons. The molecule has 0 saturated carbocycles. The van der Waals surface area contributed by atoms with E-state index in [2.05, 4.69) is 0 Å². The van der Waals surface area contributed by atoms with E-state index in [1.54, 1.807) is 13.8 Å². The Hall–Kier alpha value is -0.953. The largest absolute Gasteiger partial charge is 0.415 e. The first kappa shape index (κ1) is 15.1. The number of halogens is 5. The summed E-state index contributed by atoms with van der Waals surface area (Å²) in [5, 5.41) is -0.772.